The Hall–Kier alpha value is -3.19. The van der Waals surface area contributed by atoms with Gasteiger partial charge in [-0.15, -0.1) is 0 Å². The molecule has 0 saturated carbocycles. The number of anilines is 1. The molecular formula is C19H15ClN2O5. The molecule has 3 rings (SSSR count). The van der Waals surface area contributed by atoms with E-state index in [4.69, 9.17) is 16.3 Å². The minimum atomic E-state index is -0.854. The van der Waals surface area contributed by atoms with Gasteiger partial charge in [-0.25, -0.2) is 0 Å². The number of halogens is 1. The smallest absolute Gasteiger partial charge is 0.326 e. The number of hydrogen-bond donors (Lipinski definition) is 1. The molecule has 2 aromatic carbocycles. The van der Waals surface area contributed by atoms with Gasteiger partial charge >= 0.3 is 5.97 Å². The summed E-state index contributed by atoms with van der Waals surface area (Å²) in [5.74, 6) is -2.52. The van der Waals surface area contributed by atoms with Crippen LogP contribution < -0.4 is 5.32 Å². The van der Waals surface area contributed by atoms with Gasteiger partial charge in [0.1, 0.15) is 6.54 Å². The maximum absolute atomic E-state index is 12.2. The number of carbonyl (C=O) groups excluding carboxylic acids is 4. The fourth-order valence-corrected chi connectivity index (χ4v) is 2.88. The maximum atomic E-state index is 12.2. The average molecular weight is 387 g/mol. The minimum absolute atomic E-state index is 0.242. The standard InChI is InChI=1S/C19H15ClN2O5/c1-11-8-12(20)6-7-15(11)21-16(23)10-27-17(24)9-22-18(25)13-4-2-3-5-14(13)19(22)26/h2-8H,9-10H2,1H3,(H,21,23). The first-order valence-electron chi connectivity index (χ1n) is 8.03. The molecule has 7 nitrogen and oxygen atoms in total. The Bertz CT molecular complexity index is 922. The van der Waals surface area contributed by atoms with Crippen LogP contribution in [-0.2, 0) is 14.3 Å². The summed E-state index contributed by atoms with van der Waals surface area (Å²) in [6.07, 6.45) is 0. The number of hydrogen-bond acceptors (Lipinski definition) is 5. The first-order valence-corrected chi connectivity index (χ1v) is 8.41. The Morgan fingerprint density at radius 3 is 2.30 bits per heavy atom. The van der Waals surface area contributed by atoms with Gasteiger partial charge in [0.05, 0.1) is 11.1 Å². The Kier molecular flexibility index (Phi) is 5.23. The zero-order valence-corrected chi connectivity index (χ0v) is 15.1. The van der Waals surface area contributed by atoms with Crippen LogP contribution in [0.25, 0.3) is 0 Å². The van der Waals surface area contributed by atoms with Gasteiger partial charge in [0.15, 0.2) is 6.61 Å². The SMILES string of the molecule is Cc1cc(Cl)ccc1NC(=O)COC(=O)CN1C(=O)c2ccccc2C1=O. The highest BCUT2D eigenvalue weighted by Crippen LogP contribution is 2.22. The number of nitrogens with zero attached hydrogens (tertiary/aromatic N) is 1. The van der Waals surface area contributed by atoms with Crippen molar-refractivity contribution in [3.8, 4) is 0 Å². The number of rotatable bonds is 5. The predicted octanol–water partition coefficient (Wildman–Crippen LogP) is 2.43. The zero-order chi connectivity index (χ0) is 19.6. The summed E-state index contributed by atoms with van der Waals surface area (Å²) in [5, 5.41) is 3.14. The lowest BCUT2D eigenvalue weighted by Gasteiger charge is -2.13. The zero-order valence-electron chi connectivity index (χ0n) is 14.3. The van der Waals surface area contributed by atoms with Crippen LogP contribution in [0.3, 0.4) is 0 Å². The Balaban J connectivity index is 1.54. The summed E-state index contributed by atoms with van der Waals surface area (Å²) in [6.45, 7) is 0.680. The van der Waals surface area contributed by atoms with E-state index in [-0.39, 0.29) is 11.1 Å². The van der Waals surface area contributed by atoms with Crippen molar-refractivity contribution < 1.29 is 23.9 Å². The number of fused-ring (bicyclic) bond motifs is 1. The normalized spacial score (nSPS) is 12.7. The summed E-state index contributed by atoms with van der Waals surface area (Å²) >= 11 is 5.85. The summed E-state index contributed by atoms with van der Waals surface area (Å²) in [4.78, 5) is 49.1. The highest BCUT2D eigenvalue weighted by molar-refractivity contribution is 6.30. The van der Waals surface area contributed by atoms with Crippen molar-refractivity contribution in [1.82, 2.24) is 4.90 Å². The number of ether oxygens (including phenoxy) is 1. The Morgan fingerprint density at radius 1 is 1.07 bits per heavy atom. The number of imide groups is 1. The van der Waals surface area contributed by atoms with E-state index in [1.165, 1.54) is 12.1 Å². The summed E-state index contributed by atoms with van der Waals surface area (Å²) in [6, 6.07) is 11.2. The molecule has 1 aliphatic heterocycles. The second-order valence-corrected chi connectivity index (χ2v) is 6.35. The minimum Gasteiger partial charge on any atom is -0.454 e. The van der Waals surface area contributed by atoms with Crippen molar-refractivity contribution in [3.63, 3.8) is 0 Å². The molecule has 2 aromatic rings. The van der Waals surface area contributed by atoms with Crippen LogP contribution in [0, 0.1) is 6.92 Å². The van der Waals surface area contributed by atoms with Crippen LogP contribution in [0.1, 0.15) is 26.3 Å². The van der Waals surface area contributed by atoms with Gasteiger partial charge in [0.25, 0.3) is 17.7 Å². The summed E-state index contributed by atoms with van der Waals surface area (Å²) in [5.41, 5.74) is 1.78. The molecule has 0 atom stereocenters. The Labute approximate surface area is 159 Å². The predicted molar refractivity (Wildman–Crippen MR) is 97.6 cm³/mol. The molecule has 1 heterocycles. The highest BCUT2D eigenvalue weighted by Gasteiger charge is 2.36. The Morgan fingerprint density at radius 2 is 1.70 bits per heavy atom. The van der Waals surface area contributed by atoms with Crippen LogP contribution in [0.15, 0.2) is 42.5 Å². The molecule has 0 radical (unpaired) electrons. The topological polar surface area (TPSA) is 92.8 Å². The van der Waals surface area contributed by atoms with E-state index < -0.39 is 36.8 Å². The number of carbonyl (C=O) groups is 4. The van der Waals surface area contributed by atoms with Crippen LogP contribution in [0.4, 0.5) is 5.69 Å². The molecule has 3 amide bonds. The first-order chi connectivity index (χ1) is 12.9. The van der Waals surface area contributed by atoms with E-state index in [0.717, 1.165) is 10.5 Å². The maximum Gasteiger partial charge on any atom is 0.326 e. The number of amides is 3. The van der Waals surface area contributed by atoms with Gasteiger partial charge in [-0.2, -0.15) is 0 Å². The largest absolute Gasteiger partial charge is 0.454 e. The van der Waals surface area contributed by atoms with Gasteiger partial charge in [-0.05, 0) is 42.8 Å². The van der Waals surface area contributed by atoms with Gasteiger partial charge in [0, 0.05) is 10.7 Å². The van der Waals surface area contributed by atoms with Gasteiger partial charge in [-0.3, -0.25) is 24.1 Å². The molecule has 1 N–H and O–H groups in total. The second-order valence-electron chi connectivity index (χ2n) is 5.91. The van der Waals surface area contributed by atoms with Crippen LogP contribution >= 0.6 is 11.6 Å². The average Bonchev–Trinajstić information content (AvgIpc) is 2.88. The number of aryl methyl sites for hydroxylation is 1. The molecule has 1 aliphatic rings. The molecule has 27 heavy (non-hydrogen) atoms. The summed E-state index contributed by atoms with van der Waals surface area (Å²) in [7, 11) is 0. The lowest BCUT2D eigenvalue weighted by molar-refractivity contribution is -0.147. The van der Waals surface area contributed by atoms with Gasteiger partial charge in [0.2, 0.25) is 0 Å². The third-order valence-electron chi connectivity index (χ3n) is 3.99. The highest BCUT2D eigenvalue weighted by atomic mass is 35.5. The molecule has 0 aromatic heterocycles. The summed E-state index contributed by atoms with van der Waals surface area (Å²) < 4.78 is 4.87. The van der Waals surface area contributed by atoms with E-state index in [9.17, 15) is 19.2 Å². The monoisotopic (exact) mass is 386 g/mol. The second kappa shape index (κ2) is 7.59. The van der Waals surface area contributed by atoms with Crippen molar-refractivity contribution in [2.45, 2.75) is 6.92 Å². The quantitative estimate of drug-likeness (QED) is 0.629. The molecule has 0 spiro atoms. The van der Waals surface area contributed by atoms with E-state index in [0.29, 0.717) is 10.7 Å². The van der Waals surface area contributed by atoms with Crippen LogP contribution in [0.2, 0.25) is 5.02 Å². The first kappa shape index (κ1) is 18.6. The van der Waals surface area contributed by atoms with E-state index in [1.807, 2.05) is 0 Å². The molecule has 138 valence electrons. The van der Waals surface area contributed by atoms with Crippen molar-refractivity contribution >= 4 is 41.0 Å². The van der Waals surface area contributed by atoms with Crippen molar-refractivity contribution in [1.29, 1.82) is 0 Å². The number of esters is 1. The fourth-order valence-electron chi connectivity index (χ4n) is 2.66. The van der Waals surface area contributed by atoms with Crippen LogP contribution in [0.5, 0.6) is 0 Å². The molecule has 8 heteroatoms. The van der Waals surface area contributed by atoms with E-state index >= 15 is 0 Å². The van der Waals surface area contributed by atoms with Crippen molar-refractivity contribution in [2.75, 3.05) is 18.5 Å². The molecule has 0 aliphatic carbocycles. The molecule has 0 bridgehead atoms. The molecule has 0 saturated heterocycles. The molecule has 0 fully saturated rings. The van der Waals surface area contributed by atoms with E-state index in [1.54, 1.807) is 37.3 Å². The van der Waals surface area contributed by atoms with Crippen LogP contribution in [-0.4, -0.2) is 41.7 Å². The molecular weight excluding hydrogens is 372 g/mol. The van der Waals surface area contributed by atoms with Crippen molar-refractivity contribution in [3.05, 3.63) is 64.2 Å². The third kappa shape index (κ3) is 3.98. The number of benzene rings is 2. The fraction of sp³-hybridized carbons (Fsp3) is 0.158. The molecule has 0 unspecified atom stereocenters. The third-order valence-corrected chi connectivity index (χ3v) is 4.23. The van der Waals surface area contributed by atoms with Crippen molar-refractivity contribution in [2.24, 2.45) is 0 Å². The van der Waals surface area contributed by atoms with E-state index in [2.05, 4.69) is 5.32 Å². The lowest BCUT2D eigenvalue weighted by Crippen LogP contribution is -2.36. The van der Waals surface area contributed by atoms with Gasteiger partial charge in [-0.1, -0.05) is 23.7 Å². The van der Waals surface area contributed by atoms with Gasteiger partial charge < -0.3 is 10.1 Å². The number of nitrogens with one attached hydrogen (secondary N) is 1. The lowest BCUT2D eigenvalue weighted by atomic mass is 10.1.